The van der Waals surface area contributed by atoms with Crippen molar-refractivity contribution >= 4 is 45.6 Å². The van der Waals surface area contributed by atoms with Crippen LogP contribution in [0.2, 0.25) is 10.0 Å². The van der Waals surface area contributed by atoms with Crippen molar-refractivity contribution in [2.24, 2.45) is 0 Å². The molecule has 1 heterocycles. The quantitative estimate of drug-likeness (QED) is 0.512. The van der Waals surface area contributed by atoms with E-state index >= 15 is 0 Å². The van der Waals surface area contributed by atoms with E-state index in [1.54, 1.807) is 25.3 Å². The summed E-state index contributed by atoms with van der Waals surface area (Å²) in [5.74, 6) is 0.975. The molecule has 0 aliphatic heterocycles. The second-order valence-corrected chi connectivity index (χ2v) is 5.66. The number of benzene rings is 2. The zero-order chi connectivity index (χ0) is 15.7. The van der Waals surface area contributed by atoms with Gasteiger partial charge in [0.05, 0.1) is 21.4 Å². The molecule has 0 aliphatic carbocycles. The van der Waals surface area contributed by atoms with Gasteiger partial charge in [0.1, 0.15) is 0 Å². The first-order valence-corrected chi connectivity index (χ1v) is 7.33. The van der Waals surface area contributed by atoms with Gasteiger partial charge in [-0.2, -0.15) is 0 Å². The Labute approximate surface area is 137 Å². The molecule has 0 radical (unpaired) electrons. The average molecular weight is 331 g/mol. The Kier molecular flexibility index (Phi) is 3.96. The van der Waals surface area contributed by atoms with Gasteiger partial charge in [-0.3, -0.25) is 5.41 Å². The van der Waals surface area contributed by atoms with Crippen LogP contribution in [-0.2, 0) is 0 Å². The maximum atomic E-state index is 7.46. The lowest BCUT2D eigenvalue weighted by molar-refractivity contribution is 1.23. The molecule has 1 aromatic heterocycles. The largest absolute Gasteiger partial charge is 0.344 e. The van der Waals surface area contributed by atoms with Gasteiger partial charge in [0.2, 0.25) is 0 Å². The molecule has 0 unspecified atom stereocenters. The van der Waals surface area contributed by atoms with E-state index in [0.29, 0.717) is 21.7 Å². The van der Waals surface area contributed by atoms with Crippen molar-refractivity contribution in [1.82, 2.24) is 9.97 Å². The Morgan fingerprint density at radius 1 is 1.09 bits per heavy atom. The summed E-state index contributed by atoms with van der Waals surface area (Å²) in [5.41, 5.74) is 2.48. The Bertz CT molecular complexity index is 877. The molecule has 0 bridgehead atoms. The molecule has 3 aromatic rings. The molecule has 6 heteroatoms. The molecule has 0 aliphatic rings. The zero-order valence-corrected chi connectivity index (χ0v) is 13.2. The van der Waals surface area contributed by atoms with E-state index in [2.05, 4.69) is 15.3 Å². The van der Waals surface area contributed by atoms with Gasteiger partial charge in [-0.15, -0.1) is 0 Å². The number of aromatic nitrogens is 2. The fourth-order valence-electron chi connectivity index (χ4n) is 2.10. The van der Waals surface area contributed by atoms with Crippen LogP contribution < -0.4 is 5.32 Å². The molecule has 0 amide bonds. The minimum Gasteiger partial charge on any atom is -0.344 e. The summed E-state index contributed by atoms with van der Waals surface area (Å²) in [5, 5.41) is 12.3. The third-order valence-electron chi connectivity index (χ3n) is 3.09. The van der Waals surface area contributed by atoms with Crippen LogP contribution in [0.1, 0.15) is 6.92 Å². The Balaban J connectivity index is 2.02. The zero-order valence-electron chi connectivity index (χ0n) is 11.7. The van der Waals surface area contributed by atoms with E-state index in [0.717, 1.165) is 22.2 Å². The van der Waals surface area contributed by atoms with E-state index in [1.165, 1.54) is 0 Å². The molecule has 0 saturated carbocycles. The van der Waals surface area contributed by atoms with Gasteiger partial charge in [-0.1, -0.05) is 23.2 Å². The average Bonchev–Trinajstić information content (AvgIpc) is 2.49. The fraction of sp³-hybridized carbons (Fsp3) is 0.0625. The molecule has 0 fully saturated rings. The molecule has 22 heavy (non-hydrogen) atoms. The Morgan fingerprint density at radius 3 is 2.64 bits per heavy atom. The normalized spacial score (nSPS) is 10.7. The monoisotopic (exact) mass is 330 g/mol. The number of hydrogen-bond donors (Lipinski definition) is 2. The van der Waals surface area contributed by atoms with E-state index < -0.39 is 0 Å². The highest BCUT2D eigenvalue weighted by atomic mass is 35.5. The van der Waals surface area contributed by atoms with Gasteiger partial charge < -0.3 is 5.32 Å². The van der Waals surface area contributed by atoms with E-state index in [1.807, 2.05) is 24.3 Å². The lowest BCUT2D eigenvalue weighted by Crippen LogP contribution is -2.04. The molecule has 0 saturated heterocycles. The summed E-state index contributed by atoms with van der Waals surface area (Å²) in [6.45, 7) is 1.69. The summed E-state index contributed by atoms with van der Waals surface area (Å²) in [6, 6.07) is 11.0. The van der Waals surface area contributed by atoms with E-state index in [4.69, 9.17) is 28.6 Å². The maximum Gasteiger partial charge on any atom is 0.159 e. The summed E-state index contributed by atoms with van der Waals surface area (Å²) >= 11 is 12.0. The summed E-state index contributed by atoms with van der Waals surface area (Å²) in [7, 11) is 0. The SMILES string of the molecule is CC(=N)Nc1ccc2nc(-c3ccc(Cl)c(Cl)c3)ncc2c1. The standard InChI is InChI=1S/C16H12Cl2N4/c1-9(19)21-12-3-5-15-11(6-12)8-20-16(22-15)10-2-4-13(17)14(18)7-10/h2-8H,1H3,(H2,19,21). The van der Waals surface area contributed by atoms with Crippen molar-refractivity contribution in [3.05, 3.63) is 52.6 Å². The van der Waals surface area contributed by atoms with Crippen molar-refractivity contribution in [1.29, 1.82) is 5.41 Å². The van der Waals surface area contributed by atoms with Crippen LogP contribution in [0.15, 0.2) is 42.6 Å². The van der Waals surface area contributed by atoms with Crippen molar-refractivity contribution < 1.29 is 0 Å². The van der Waals surface area contributed by atoms with Crippen LogP contribution >= 0.6 is 23.2 Å². The Hall–Kier alpha value is -2.17. The van der Waals surface area contributed by atoms with Gasteiger partial charge in [-0.25, -0.2) is 9.97 Å². The first-order chi connectivity index (χ1) is 10.5. The third kappa shape index (κ3) is 3.03. The molecule has 0 atom stereocenters. The van der Waals surface area contributed by atoms with Gasteiger partial charge in [0.15, 0.2) is 5.82 Å². The molecule has 2 N–H and O–H groups in total. The van der Waals surface area contributed by atoms with Gasteiger partial charge >= 0.3 is 0 Å². The van der Waals surface area contributed by atoms with Crippen LogP contribution in [0.25, 0.3) is 22.3 Å². The number of amidine groups is 1. The number of hydrogen-bond acceptors (Lipinski definition) is 3. The van der Waals surface area contributed by atoms with E-state index in [9.17, 15) is 0 Å². The summed E-state index contributed by atoms with van der Waals surface area (Å²) in [6.07, 6.45) is 1.75. The second-order valence-electron chi connectivity index (χ2n) is 4.85. The number of rotatable bonds is 2. The number of nitrogens with one attached hydrogen (secondary N) is 2. The lowest BCUT2D eigenvalue weighted by atomic mass is 10.2. The highest BCUT2D eigenvalue weighted by molar-refractivity contribution is 6.42. The minimum atomic E-state index is 0.382. The summed E-state index contributed by atoms with van der Waals surface area (Å²) < 4.78 is 0. The first kappa shape index (κ1) is 14.8. The fourth-order valence-corrected chi connectivity index (χ4v) is 2.40. The third-order valence-corrected chi connectivity index (χ3v) is 3.83. The van der Waals surface area contributed by atoms with Crippen molar-refractivity contribution in [2.45, 2.75) is 6.92 Å². The molecule has 0 spiro atoms. The Morgan fingerprint density at radius 2 is 1.91 bits per heavy atom. The van der Waals surface area contributed by atoms with Crippen molar-refractivity contribution in [3.8, 4) is 11.4 Å². The summed E-state index contributed by atoms with van der Waals surface area (Å²) in [4.78, 5) is 8.92. The molecule has 4 nitrogen and oxygen atoms in total. The van der Waals surface area contributed by atoms with Gasteiger partial charge in [-0.05, 0) is 43.3 Å². The van der Waals surface area contributed by atoms with Crippen LogP contribution in [-0.4, -0.2) is 15.8 Å². The van der Waals surface area contributed by atoms with Crippen LogP contribution in [0.3, 0.4) is 0 Å². The number of halogens is 2. The maximum absolute atomic E-state index is 7.46. The van der Waals surface area contributed by atoms with Crippen molar-refractivity contribution in [3.63, 3.8) is 0 Å². The van der Waals surface area contributed by atoms with E-state index in [-0.39, 0.29) is 0 Å². The number of fused-ring (bicyclic) bond motifs is 1. The topological polar surface area (TPSA) is 61.7 Å². The predicted octanol–water partition coefficient (Wildman–Crippen LogP) is 5.01. The molecule has 2 aromatic carbocycles. The lowest BCUT2D eigenvalue weighted by Gasteiger charge is -2.07. The van der Waals surface area contributed by atoms with Crippen LogP contribution in [0.5, 0.6) is 0 Å². The second kappa shape index (κ2) is 5.91. The highest BCUT2D eigenvalue weighted by Crippen LogP contribution is 2.27. The first-order valence-electron chi connectivity index (χ1n) is 6.57. The number of nitrogens with zero attached hydrogens (tertiary/aromatic N) is 2. The van der Waals surface area contributed by atoms with Crippen LogP contribution in [0, 0.1) is 5.41 Å². The molecule has 3 rings (SSSR count). The van der Waals surface area contributed by atoms with Crippen molar-refractivity contribution in [2.75, 3.05) is 5.32 Å². The van der Waals surface area contributed by atoms with Gasteiger partial charge in [0.25, 0.3) is 0 Å². The highest BCUT2D eigenvalue weighted by Gasteiger charge is 2.06. The molecular formula is C16H12Cl2N4. The number of anilines is 1. The van der Waals surface area contributed by atoms with Crippen LogP contribution in [0.4, 0.5) is 5.69 Å². The minimum absolute atomic E-state index is 0.382. The van der Waals surface area contributed by atoms with Gasteiger partial charge in [0, 0.05) is 22.8 Å². The molecule has 110 valence electrons. The predicted molar refractivity (Wildman–Crippen MR) is 92.0 cm³/mol. The molecular weight excluding hydrogens is 319 g/mol. The smallest absolute Gasteiger partial charge is 0.159 e.